The van der Waals surface area contributed by atoms with E-state index in [1.165, 1.54) is 32.5 Å². The first-order valence-corrected chi connectivity index (χ1v) is 5.47. The Kier molecular flexibility index (Phi) is 5.09. The van der Waals surface area contributed by atoms with Crippen LogP contribution in [0.3, 0.4) is 0 Å². The molecule has 0 bridgehead atoms. The fourth-order valence-electron chi connectivity index (χ4n) is 1.75. The zero-order valence-electron chi connectivity index (χ0n) is 8.92. The fraction of sp³-hybridized carbons (Fsp3) is 0.818. The lowest BCUT2D eigenvalue weighted by Gasteiger charge is -2.19. The highest BCUT2D eigenvalue weighted by Gasteiger charge is 2.08. The van der Waals surface area contributed by atoms with Gasteiger partial charge >= 0.3 is 0 Å². The van der Waals surface area contributed by atoms with Crippen LogP contribution in [-0.4, -0.2) is 37.1 Å². The summed E-state index contributed by atoms with van der Waals surface area (Å²) in [5.41, 5.74) is 0. The largest absolute Gasteiger partial charge is 0.312 e. The molecule has 1 rings (SSSR count). The van der Waals surface area contributed by atoms with Gasteiger partial charge in [0.1, 0.15) is 0 Å². The molecule has 0 fully saturated rings. The predicted octanol–water partition coefficient (Wildman–Crippen LogP) is 1.64. The van der Waals surface area contributed by atoms with E-state index in [1.54, 1.807) is 0 Å². The van der Waals surface area contributed by atoms with E-state index in [9.17, 15) is 0 Å². The minimum atomic E-state index is 0.718. The monoisotopic (exact) mass is 182 g/mol. The molecule has 1 N–H and O–H groups in total. The van der Waals surface area contributed by atoms with Gasteiger partial charge in [-0.05, 0) is 25.9 Å². The summed E-state index contributed by atoms with van der Waals surface area (Å²) in [6.45, 7) is 9.10. The summed E-state index contributed by atoms with van der Waals surface area (Å²) in [5, 5.41) is 3.58. The van der Waals surface area contributed by atoms with Crippen LogP contribution in [0, 0.1) is 0 Å². The summed E-state index contributed by atoms with van der Waals surface area (Å²) < 4.78 is 0. The van der Waals surface area contributed by atoms with E-state index in [0.717, 1.165) is 12.6 Å². The maximum Gasteiger partial charge on any atom is 0.0137 e. The Morgan fingerprint density at radius 2 is 1.85 bits per heavy atom. The minimum absolute atomic E-state index is 0.718. The molecule has 0 unspecified atom stereocenters. The Morgan fingerprint density at radius 3 is 2.38 bits per heavy atom. The van der Waals surface area contributed by atoms with Crippen LogP contribution >= 0.6 is 0 Å². The highest BCUT2D eigenvalue weighted by molar-refractivity contribution is 4.97. The van der Waals surface area contributed by atoms with Crippen molar-refractivity contribution >= 4 is 0 Å². The maximum absolute atomic E-state index is 3.58. The summed E-state index contributed by atoms with van der Waals surface area (Å²) >= 11 is 0. The molecule has 0 spiro atoms. The molecule has 0 amide bonds. The molecule has 76 valence electrons. The van der Waals surface area contributed by atoms with E-state index < -0.39 is 0 Å². The zero-order chi connectivity index (χ0) is 9.52. The highest BCUT2D eigenvalue weighted by atomic mass is 15.1. The van der Waals surface area contributed by atoms with E-state index in [4.69, 9.17) is 0 Å². The van der Waals surface area contributed by atoms with Gasteiger partial charge in [-0.1, -0.05) is 26.0 Å². The summed E-state index contributed by atoms with van der Waals surface area (Å²) in [4.78, 5) is 2.45. The Bertz CT molecular complexity index is 140. The van der Waals surface area contributed by atoms with Crippen LogP contribution in [-0.2, 0) is 0 Å². The molecule has 0 aliphatic heterocycles. The molecule has 0 heterocycles. The van der Waals surface area contributed by atoms with Gasteiger partial charge in [0.2, 0.25) is 0 Å². The number of nitrogens with zero attached hydrogens (tertiary/aromatic N) is 1. The van der Waals surface area contributed by atoms with Crippen LogP contribution in [0.5, 0.6) is 0 Å². The lowest BCUT2D eigenvalue weighted by atomic mass is 10.2. The van der Waals surface area contributed by atoms with Gasteiger partial charge < -0.3 is 10.2 Å². The number of rotatable bonds is 6. The molecule has 2 heteroatoms. The van der Waals surface area contributed by atoms with Crippen LogP contribution < -0.4 is 5.32 Å². The Morgan fingerprint density at radius 1 is 1.23 bits per heavy atom. The molecule has 2 nitrogen and oxygen atoms in total. The van der Waals surface area contributed by atoms with E-state index in [1.807, 2.05) is 0 Å². The van der Waals surface area contributed by atoms with Gasteiger partial charge in [0.25, 0.3) is 0 Å². The third-order valence-corrected chi connectivity index (χ3v) is 2.76. The number of hydrogen-bond acceptors (Lipinski definition) is 2. The first-order chi connectivity index (χ1) is 6.36. The molecule has 1 aliphatic rings. The van der Waals surface area contributed by atoms with Crippen molar-refractivity contribution < 1.29 is 0 Å². The van der Waals surface area contributed by atoms with Crippen molar-refractivity contribution in [3.05, 3.63) is 12.2 Å². The molecule has 0 radical (unpaired) electrons. The average molecular weight is 182 g/mol. The van der Waals surface area contributed by atoms with Crippen molar-refractivity contribution in [1.82, 2.24) is 10.2 Å². The van der Waals surface area contributed by atoms with E-state index in [2.05, 4.69) is 36.2 Å². The smallest absolute Gasteiger partial charge is 0.0137 e. The topological polar surface area (TPSA) is 15.3 Å². The van der Waals surface area contributed by atoms with Gasteiger partial charge in [-0.15, -0.1) is 0 Å². The normalized spacial score (nSPS) is 17.5. The van der Waals surface area contributed by atoms with Gasteiger partial charge in [0, 0.05) is 19.1 Å². The molecule has 0 aromatic carbocycles. The molecule has 1 aliphatic carbocycles. The first kappa shape index (κ1) is 10.7. The predicted molar refractivity (Wildman–Crippen MR) is 58.0 cm³/mol. The molecule has 0 atom stereocenters. The van der Waals surface area contributed by atoms with E-state index >= 15 is 0 Å². The molecule has 0 saturated heterocycles. The maximum atomic E-state index is 3.58. The van der Waals surface area contributed by atoms with Crippen LogP contribution in [0.15, 0.2) is 12.2 Å². The van der Waals surface area contributed by atoms with Crippen molar-refractivity contribution in [2.24, 2.45) is 0 Å². The summed E-state index contributed by atoms with van der Waals surface area (Å²) in [6, 6.07) is 0.718. The molecule has 0 aromatic heterocycles. The average Bonchev–Trinajstić information content (AvgIpc) is 2.65. The van der Waals surface area contributed by atoms with E-state index in [-0.39, 0.29) is 0 Å². The molecular formula is C11H22N2. The standard InChI is InChI=1S/C11H22N2/c1-3-13(4-2)10-9-12-11-7-5-6-8-11/h5-6,11-12H,3-4,7-10H2,1-2H3. The second-order valence-corrected chi connectivity index (χ2v) is 3.62. The van der Waals surface area contributed by atoms with Crippen LogP contribution in [0.1, 0.15) is 26.7 Å². The van der Waals surface area contributed by atoms with Crippen LogP contribution in [0.4, 0.5) is 0 Å². The van der Waals surface area contributed by atoms with Gasteiger partial charge in [-0.3, -0.25) is 0 Å². The number of hydrogen-bond donors (Lipinski definition) is 1. The van der Waals surface area contributed by atoms with Crippen molar-refractivity contribution in [1.29, 1.82) is 0 Å². The van der Waals surface area contributed by atoms with Gasteiger partial charge in [0.05, 0.1) is 0 Å². The summed E-state index contributed by atoms with van der Waals surface area (Å²) in [6.07, 6.45) is 6.99. The zero-order valence-corrected chi connectivity index (χ0v) is 8.92. The van der Waals surface area contributed by atoms with Crippen molar-refractivity contribution in [2.45, 2.75) is 32.7 Å². The quantitative estimate of drug-likeness (QED) is 0.628. The lowest BCUT2D eigenvalue weighted by Crippen LogP contribution is -2.36. The molecule has 0 aromatic rings. The van der Waals surface area contributed by atoms with Gasteiger partial charge in [-0.25, -0.2) is 0 Å². The molecule has 0 saturated carbocycles. The van der Waals surface area contributed by atoms with Crippen molar-refractivity contribution in [2.75, 3.05) is 26.2 Å². The van der Waals surface area contributed by atoms with Crippen molar-refractivity contribution in [3.63, 3.8) is 0 Å². The third kappa shape index (κ3) is 3.92. The minimum Gasteiger partial charge on any atom is -0.312 e. The number of nitrogens with one attached hydrogen (secondary N) is 1. The lowest BCUT2D eigenvalue weighted by molar-refractivity contribution is 0.297. The highest BCUT2D eigenvalue weighted by Crippen LogP contribution is 2.08. The summed E-state index contributed by atoms with van der Waals surface area (Å²) in [5.74, 6) is 0. The molecular weight excluding hydrogens is 160 g/mol. The Labute approximate surface area is 82.0 Å². The Hall–Kier alpha value is -0.340. The second kappa shape index (κ2) is 6.17. The summed E-state index contributed by atoms with van der Waals surface area (Å²) in [7, 11) is 0. The first-order valence-electron chi connectivity index (χ1n) is 5.47. The fourth-order valence-corrected chi connectivity index (χ4v) is 1.75. The molecule has 13 heavy (non-hydrogen) atoms. The SMILES string of the molecule is CCN(CC)CCNC1CC=CC1. The Balaban J connectivity index is 1.99. The van der Waals surface area contributed by atoms with Gasteiger partial charge in [-0.2, -0.15) is 0 Å². The van der Waals surface area contributed by atoms with Crippen LogP contribution in [0.25, 0.3) is 0 Å². The van der Waals surface area contributed by atoms with E-state index in [0.29, 0.717) is 0 Å². The van der Waals surface area contributed by atoms with Crippen LogP contribution in [0.2, 0.25) is 0 Å². The van der Waals surface area contributed by atoms with Crippen molar-refractivity contribution in [3.8, 4) is 0 Å². The van der Waals surface area contributed by atoms with Gasteiger partial charge in [0.15, 0.2) is 0 Å². The second-order valence-electron chi connectivity index (χ2n) is 3.62. The third-order valence-electron chi connectivity index (χ3n) is 2.76. The number of likely N-dealkylation sites (N-methyl/N-ethyl adjacent to an activating group) is 1.